The number of hydrogen-bond acceptors (Lipinski definition) is 7. The van der Waals surface area contributed by atoms with E-state index in [1.807, 2.05) is 24.3 Å². The number of aliphatic carboxylic acids is 1. The van der Waals surface area contributed by atoms with Crippen LogP contribution in [0, 0.1) is 0 Å². The Kier molecular flexibility index (Phi) is 3.91. The Hall–Kier alpha value is -2.29. The summed E-state index contributed by atoms with van der Waals surface area (Å²) in [5.41, 5.74) is 0. The first-order chi connectivity index (χ1) is 10.2. The molecule has 9 heteroatoms. The van der Waals surface area contributed by atoms with Crippen LogP contribution in [0.15, 0.2) is 29.4 Å². The van der Waals surface area contributed by atoms with E-state index in [4.69, 9.17) is 14.6 Å². The first-order valence-electron chi connectivity index (χ1n) is 6.21. The fourth-order valence-corrected chi connectivity index (χ4v) is 2.68. The second kappa shape index (κ2) is 6.00. The number of carboxylic acids is 1. The van der Waals surface area contributed by atoms with Crippen LogP contribution in [0.4, 0.5) is 0 Å². The smallest absolute Gasteiger partial charge is 0.325 e. The maximum atomic E-state index is 10.7. The maximum Gasteiger partial charge on any atom is 0.325 e. The van der Waals surface area contributed by atoms with Crippen molar-refractivity contribution >= 4 is 17.7 Å². The van der Waals surface area contributed by atoms with Crippen molar-refractivity contribution in [2.24, 2.45) is 0 Å². The van der Waals surface area contributed by atoms with E-state index in [0.29, 0.717) is 23.3 Å². The molecule has 2 heterocycles. The summed E-state index contributed by atoms with van der Waals surface area (Å²) in [6.07, 6.45) is -0.139. The van der Waals surface area contributed by atoms with E-state index in [1.165, 1.54) is 16.4 Å². The lowest BCUT2D eigenvalue weighted by Gasteiger charge is -2.25. The maximum absolute atomic E-state index is 10.7. The van der Waals surface area contributed by atoms with Crippen LogP contribution in [0.2, 0.25) is 0 Å². The number of aromatic nitrogens is 4. The van der Waals surface area contributed by atoms with Gasteiger partial charge in [-0.3, -0.25) is 4.79 Å². The van der Waals surface area contributed by atoms with Gasteiger partial charge in [-0.05, 0) is 22.6 Å². The van der Waals surface area contributed by atoms with Crippen molar-refractivity contribution in [1.82, 2.24) is 20.2 Å². The van der Waals surface area contributed by atoms with E-state index in [2.05, 4.69) is 15.5 Å². The van der Waals surface area contributed by atoms with E-state index in [-0.39, 0.29) is 12.6 Å². The van der Waals surface area contributed by atoms with E-state index >= 15 is 0 Å². The molecule has 1 aliphatic rings. The molecular formula is C12H12N4O4S. The molecule has 0 saturated carbocycles. The van der Waals surface area contributed by atoms with Gasteiger partial charge in [0.05, 0.1) is 0 Å². The Morgan fingerprint density at radius 2 is 2.24 bits per heavy atom. The summed E-state index contributed by atoms with van der Waals surface area (Å²) in [6, 6.07) is 7.47. The lowest BCUT2D eigenvalue weighted by atomic mass is 10.3. The number of carboxylic acid groups (broad SMARTS) is 1. The molecule has 1 aromatic heterocycles. The van der Waals surface area contributed by atoms with Crippen LogP contribution < -0.4 is 9.47 Å². The molecule has 1 atom stereocenters. The van der Waals surface area contributed by atoms with Gasteiger partial charge in [-0.15, -0.1) is 5.10 Å². The van der Waals surface area contributed by atoms with Crippen molar-refractivity contribution in [1.29, 1.82) is 0 Å². The number of thioether (sulfide) groups is 1. The summed E-state index contributed by atoms with van der Waals surface area (Å²) in [5.74, 6) is 1.01. The van der Waals surface area contributed by atoms with Crippen LogP contribution in [0.25, 0.3) is 0 Å². The van der Waals surface area contributed by atoms with Gasteiger partial charge in [0.2, 0.25) is 5.16 Å². The van der Waals surface area contributed by atoms with Crippen LogP contribution in [0.1, 0.15) is 0 Å². The first-order valence-corrected chi connectivity index (χ1v) is 7.20. The Morgan fingerprint density at radius 3 is 3.05 bits per heavy atom. The van der Waals surface area contributed by atoms with Gasteiger partial charge >= 0.3 is 5.97 Å². The molecule has 0 bridgehead atoms. The number of para-hydroxylation sites is 2. The number of benzene rings is 1. The van der Waals surface area contributed by atoms with Crippen molar-refractivity contribution < 1.29 is 19.4 Å². The van der Waals surface area contributed by atoms with E-state index < -0.39 is 5.97 Å². The monoisotopic (exact) mass is 308 g/mol. The van der Waals surface area contributed by atoms with E-state index in [1.54, 1.807) is 0 Å². The highest BCUT2D eigenvalue weighted by Gasteiger charge is 2.22. The summed E-state index contributed by atoms with van der Waals surface area (Å²) in [6.45, 7) is 0.171. The van der Waals surface area contributed by atoms with Crippen molar-refractivity contribution in [3.05, 3.63) is 24.3 Å². The van der Waals surface area contributed by atoms with Crippen LogP contribution in [-0.4, -0.2) is 49.7 Å². The zero-order valence-electron chi connectivity index (χ0n) is 10.9. The lowest BCUT2D eigenvalue weighted by Crippen LogP contribution is -2.31. The number of tetrazole rings is 1. The van der Waals surface area contributed by atoms with Gasteiger partial charge in [0.1, 0.15) is 19.3 Å². The van der Waals surface area contributed by atoms with Gasteiger partial charge in [0.15, 0.2) is 11.5 Å². The Labute approximate surface area is 124 Å². The molecular weight excluding hydrogens is 296 g/mol. The average Bonchev–Trinajstić information content (AvgIpc) is 2.91. The minimum Gasteiger partial charge on any atom is -0.486 e. The zero-order chi connectivity index (χ0) is 14.7. The summed E-state index contributed by atoms with van der Waals surface area (Å²) in [4.78, 5) is 10.7. The average molecular weight is 308 g/mol. The van der Waals surface area contributed by atoms with Gasteiger partial charge in [-0.1, -0.05) is 23.9 Å². The van der Waals surface area contributed by atoms with Gasteiger partial charge in [0, 0.05) is 5.75 Å². The van der Waals surface area contributed by atoms with Gasteiger partial charge in [0.25, 0.3) is 0 Å². The highest BCUT2D eigenvalue weighted by molar-refractivity contribution is 7.99. The largest absolute Gasteiger partial charge is 0.486 e. The van der Waals surface area contributed by atoms with E-state index in [9.17, 15) is 4.79 Å². The third kappa shape index (κ3) is 3.24. The van der Waals surface area contributed by atoms with Crippen LogP contribution in [-0.2, 0) is 11.3 Å². The Balaban J connectivity index is 1.59. The van der Waals surface area contributed by atoms with Crippen LogP contribution in [0.5, 0.6) is 11.5 Å². The van der Waals surface area contributed by atoms with Gasteiger partial charge in [-0.25, -0.2) is 4.68 Å². The molecule has 1 N–H and O–H groups in total. The predicted octanol–water partition coefficient (Wildman–Crippen LogP) is 0.690. The van der Waals surface area contributed by atoms with Crippen molar-refractivity contribution in [2.75, 3.05) is 12.4 Å². The molecule has 1 unspecified atom stereocenters. The molecule has 21 heavy (non-hydrogen) atoms. The second-order valence-electron chi connectivity index (χ2n) is 4.32. The molecule has 1 aromatic carbocycles. The molecule has 0 fully saturated rings. The molecule has 0 radical (unpaired) electrons. The molecule has 1 aliphatic heterocycles. The summed E-state index contributed by atoms with van der Waals surface area (Å²) in [5, 5.41) is 20.1. The lowest BCUT2D eigenvalue weighted by molar-refractivity contribution is -0.138. The fraction of sp³-hybridized carbons (Fsp3) is 0.333. The van der Waals surface area contributed by atoms with Gasteiger partial charge < -0.3 is 14.6 Å². The molecule has 0 spiro atoms. The van der Waals surface area contributed by atoms with Crippen molar-refractivity contribution in [2.45, 2.75) is 17.8 Å². The normalized spacial score (nSPS) is 16.7. The molecule has 8 nitrogen and oxygen atoms in total. The molecule has 0 aliphatic carbocycles. The van der Waals surface area contributed by atoms with Crippen LogP contribution >= 0.6 is 11.8 Å². The van der Waals surface area contributed by atoms with Crippen molar-refractivity contribution in [3.63, 3.8) is 0 Å². The minimum atomic E-state index is -0.990. The fourth-order valence-electron chi connectivity index (χ4n) is 1.84. The molecule has 0 saturated heterocycles. The third-order valence-corrected chi connectivity index (χ3v) is 3.84. The summed E-state index contributed by atoms with van der Waals surface area (Å²) in [7, 11) is 0. The number of hydrogen-bond donors (Lipinski definition) is 1. The van der Waals surface area contributed by atoms with E-state index in [0.717, 1.165) is 5.75 Å². The first kappa shape index (κ1) is 13.7. The molecule has 110 valence electrons. The highest BCUT2D eigenvalue weighted by Crippen LogP contribution is 2.32. The minimum absolute atomic E-state index is 0.139. The quantitative estimate of drug-likeness (QED) is 0.805. The molecule has 0 amide bonds. The Bertz CT molecular complexity index is 648. The highest BCUT2D eigenvalue weighted by atomic mass is 32.2. The number of ether oxygens (including phenoxy) is 2. The molecule has 2 aromatic rings. The summed E-state index contributed by atoms with van der Waals surface area (Å²) < 4.78 is 12.7. The standard InChI is InChI=1S/C12H12N4O4S/c17-11(18)5-16-12(13-14-15-16)21-7-8-6-19-9-3-1-2-4-10(9)20-8/h1-4,8H,5-7H2,(H,17,18). The topological polar surface area (TPSA) is 99.4 Å². The number of rotatable bonds is 5. The number of carbonyl (C=O) groups is 1. The second-order valence-corrected chi connectivity index (χ2v) is 5.31. The van der Waals surface area contributed by atoms with Crippen molar-refractivity contribution in [3.8, 4) is 11.5 Å². The summed E-state index contributed by atoms with van der Waals surface area (Å²) >= 11 is 1.34. The number of nitrogens with zero attached hydrogens (tertiary/aromatic N) is 4. The zero-order valence-corrected chi connectivity index (χ0v) is 11.7. The molecule has 3 rings (SSSR count). The number of fused-ring (bicyclic) bond motifs is 1. The predicted molar refractivity (Wildman–Crippen MR) is 72.5 cm³/mol. The Morgan fingerprint density at radius 1 is 1.43 bits per heavy atom. The third-order valence-electron chi connectivity index (χ3n) is 2.75. The van der Waals surface area contributed by atoms with Crippen LogP contribution in [0.3, 0.4) is 0 Å². The van der Waals surface area contributed by atoms with Gasteiger partial charge in [-0.2, -0.15) is 0 Å². The SMILES string of the molecule is O=C(O)Cn1nnnc1SCC1COc2ccccc2O1.